The molecule has 0 bridgehead atoms. The molecule has 0 atom stereocenters. The number of anilines is 1. The van der Waals surface area contributed by atoms with E-state index >= 15 is 0 Å². The van der Waals surface area contributed by atoms with Crippen molar-refractivity contribution in [1.29, 1.82) is 0 Å². The molecule has 0 aliphatic heterocycles. The average molecular weight is 344 g/mol. The number of amides is 1. The van der Waals surface area contributed by atoms with Crippen molar-refractivity contribution in [2.45, 2.75) is 6.92 Å². The Balaban J connectivity index is 1.67. The minimum absolute atomic E-state index is 0.282. The highest BCUT2D eigenvalue weighted by atomic mass is 35.5. The summed E-state index contributed by atoms with van der Waals surface area (Å²) in [7, 11) is 0. The molecule has 4 nitrogen and oxygen atoms in total. The summed E-state index contributed by atoms with van der Waals surface area (Å²) in [5.74, 6) is -0.282. The van der Waals surface area contributed by atoms with Gasteiger partial charge in [-0.25, -0.2) is 4.98 Å². The second-order valence-electron chi connectivity index (χ2n) is 4.99. The van der Waals surface area contributed by atoms with Gasteiger partial charge in [0, 0.05) is 16.0 Å². The highest BCUT2D eigenvalue weighted by Crippen LogP contribution is 2.24. The Labute approximate surface area is 143 Å². The molecule has 0 aliphatic carbocycles. The van der Waals surface area contributed by atoms with Gasteiger partial charge in [-0.15, -0.1) is 11.3 Å². The molecule has 6 heteroatoms. The van der Waals surface area contributed by atoms with E-state index in [2.05, 4.69) is 15.8 Å². The van der Waals surface area contributed by atoms with Gasteiger partial charge in [0.15, 0.2) is 0 Å². The fourth-order valence-corrected chi connectivity index (χ4v) is 2.94. The van der Waals surface area contributed by atoms with Gasteiger partial charge in [0.25, 0.3) is 5.91 Å². The number of halogens is 1. The second kappa shape index (κ2) is 6.81. The average Bonchev–Trinajstić information content (AvgIpc) is 3.04. The standard InChI is InChI=1S/C17H14ClN3OS/c1-11-3-2-4-12(9-11)17-19-15(10-23-17)16(22)21-20-14-7-5-13(18)6-8-14/h2-10,20H,1H3,(H,21,22). The van der Waals surface area contributed by atoms with Gasteiger partial charge < -0.3 is 0 Å². The van der Waals surface area contributed by atoms with E-state index in [1.54, 1.807) is 29.6 Å². The first-order valence-electron chi connectivity index (χ1n) is 6.96. The zero-order valence-electron chi connectivity index (χ0n) is 12.3. The van der Waals surface area contributed by atoms with Crippen molar-refractivity contribution in [3.05, 3.63) is 70.2 Å². The Morgan fingerprint density at radius 2 is 1.96 bits per heavy atom. The lowest BCUT2D eigenvalue weighted by molar-refractivity contribution is 0.0958. The van der Waals surface area contributed by atoms with Crippen LogP contribution in [0, 0.1) is 6.92 Å². The van der Waals surface area contributed by atoms with Crippen LogP contribution in [0.3, 0.4) is 0 Å². The van der Waals surface area contributed by atoms with E-state index < -0.39 is 0 Å². The molecule has 3 aromatic rings. The molecule has 23 heavy (non-hydrogen) atoms. The molecule has 0 unspecified atom stereocenters. The van der Waals surface area contributed by atoms with Crippen molar-refractivity contribution in [2.75, 3.05) is 5.43 Å². The van der Waals surface area contributed by atoms with E-state index in [1.165, 1.54) is 11.3 Å². The maximum Gasteiger partial charge on any atom is 0.289 e. The molecule has 2 N–H and O–H groups in total. The number of nitrogens with zero attached hydrogens (tertiary/aromatic N) is 1. The number of hydrazine groups is 1. The van der Waals surface area contributed by atoms with Crippen molar-refractivity contribution in [3.63, 3.8) is 0 Å². The molecule has 0 saturated carbocycles. The molecule has 0 fully saturated rings. The number of aryl methyl sites for hydroxylation is 1. The van der Waals surface area contributed by atoms with Gasteiger partial charge in [-0.2, -0.15) is 0 Å². The Bertz CT molecular complexity index is 830. The third-order valence-electron chi connectivity index (χ3n) is 3.17. The van der Waals surface area contributed by atoms with Gasteiger partial charge in [0.2, 0.25) is 0 Å². The smallest absolute Gasteiger partial charge is 0.289 e. The Morgan fingerprint density at radius 1 is 1.17 bits per heavy atom. The van der Waals surface area contributed by atoms with E-state index in [4.69, 9.17) is 11.6 Å². The molecule has 1 heterocycles. The van der Waals surface area contributed by atoms with Gasteiger partial charge in [-0.05, 0) is 37.3 Å². The predicted octanol–water partition coefficient (Wildman–Crippen LogP) is 4.53. The van der Waals surface area contributed by atoms with Gasteiger partial charge in [0.05, 0.1) is 5.69 Å². The van der Waals surface area contributed by atoms with Gasteiger partial charge >= 0.3 is 0 Å². The Hall–Kier alpha value is -2.37. The highest BCUT2D eigenvalue weighted by molar-refractivity contribution is 7.13. The zero-order chi connectivity index (χ0) is 16.2. The number of aromatic nitrogens is 1. The van der Waals surface area contributed by atoms with Crippen LogP contribution in [0.5, 0.6) is 0 Å². The van der Waals surface area contributed by atoms with Crippen LogP contribution < -0.4 is 10.9 Å². The number of rotatable bonds is 4. The number of hydrogen-bond acceptors (Lipinski definition) is 4. The van der Waals surface area contributed by atoms with Gasteiger partial charge in [-0.1, -0.05) is 35.4 Å². The molecule has 0 aliphatic rings. The summed E-state index contributed by atoms with van der Waals surface area (Å²) in [4.78, 5) is 16.5. The summed E-state index contributed by atoms with van der Waals surface area (Å²) in [5, 5.41) is 3.21. The number of thiazole rings is 1. The van der Waals surface area contributed by atoms with E-state index in [1.807, 2.05) is 31.2 Å². The normalized spacial score (nSPS) is 10.3. The minimum Gasteiger partial charge on any atom is -0.298 e. The quantitative estimate of drug-likeness (QED) is 0.684. The zero-order valence-corrected chi connectivity index (χ0v) is 13.9. The topological polar surface area (TPSA) is 54.0 Å². The van der Waals surface area contributed by atoms with Crippen molar-refractivity contribution in [1.82, 2.24) is 10.4 Å². The highest BCUT2D eigenvalue weighted by Gasteiger charge is 2.11. The van der Waals surface area contributed by atoms with Crippen molar-refractivity contribution >= 4 is 34.5 Å². The van der Waals surface area contributed by atoms with Crippen molar-refractivity contribution in [2.24, 2.45) is 0 Å². The van der Waals surface area contributed by atoms with Crippen LogP contribution in [0.1, 0.15) is 16.1 Å². The largest absolute Gasteiger partial charge is 0.298 e. The molecular formula is C17H14ClN3OS. The van der Waals surface area contributed by atoms with Crippen LogP contribution in [0.2, 0.25) is 5.02 Å². The molecule has 1 amide bonds. The molecule has 116 valence electrons. The van der Waals surface area contributed by atoms with Crippen molar-refractivity contribution in [3.8, 4) is 10.6 Å². The van der Waals surface area contributed by atoms with E-state index in [-0.39, 0.29) is 5.91 Å². The molecular weight excluding hydrogens is 330 g/mol. The molecule has 2 aromatic carbocycles. The summed E-state index contributed by atoms with van der Waals surface area (Å²) in [6.45, 7) is 2.03. The Kier molecular flexibility index (Phi) is 4.60. The van der Waals surface area contributed by atoms with E-state index in [0.29, 0.717) is 10.7 Å². The third kappa shape index (κ3) is 3.88. The van der Waals surface area contributed by atoms with Crippen LogP contribution in [-0.4, -0.2) is 10.9 Å². The molecule has 3 rings (SSSR count). The lowest BCUT2D eigenvalue weighted by Gasteiger charge is -2.06. The maximum absolute atomic E-state index is 12.1. The van der Waals surface area contributed by atoms with Crippen molar-refractivity contribution < 1.29 is 4.79 Å². The number of nitrogens with one attached hydrogen (secondary N) is 2. The summed E-state index contributed by atoms with van der Waals surface area (Å²) >= 11 is 7.26. The number of hydrogen-bond donors (Lipinski definition) is 2. The second-order valence-corrected chi connectivity index (χ2v) is 6.29. The first-order valence-corrected chi connectivity index (χ1v) is 8.22. The minimum atomic E-state index is -0.282. The number of carbonyl (C=O) groups is 1. The third-order valence-corrected chi connectivity index (χ3v) is 4.31. The first-order chi connectivity index (χ1) is 11.1. The summed E-state index contributed by atoms with van der Waals surface area (Å²) in [6.07, 6.45) is 0. The van der Waals surface area contributed by atoms with Crippen LogP contribution >= 0.6 is 22.9 Å². The first kappa shape index (κ1) is 15.5. The maximum atomic E-state index is 12.1. The number of benzene rings is 2. The van der Waals surface area contributed by atoms with Crippen LogP contribution in [-0.2, 0) is 0 Å². The monoisotopic (exact) mass is 343 g/mol. The Morgan fingerprint density at radius 3 is 2.70 bits per heavy atom. The fourth-order valence-electron chi connectivity index (χ4n) is 2.01. The van der Waals surface area contributed by atoms with Gasteiger partial charge in [0.1, 0.15) is 10.7 Å². The summed E-state index contributed by atoms with van der Waals surface area (Å²) < 4.78 is 0. The van der Waals surface area contributed by atoms with Gasteiger partial charge in [-0.3, -0.25) is 15.6 Å². The molecule has 0 spiro atoms. The number of carbonyl (C=O) groups excluding carboxylic acids is 1. The molecule has 0 saturated heterocycles. The summed E-state index contributed by atoms with van der Waals surface area (Å²) in [6, 6.07) is 15.1. The summed E-state index contributed by atoms with van der Waals surface area (Å²) in [5.41, 5.74) is 8.76. The predicted molar refractivity (Wildman–Crippen MR) is 94.8 cm³/mol. The fraction of sp³-hybridized carbons (Fsp3) is 0.0588. The van der Waals surface area contributed by atoms with Crippen LogP contribution in [0.4, 0.5) is 5.69 Å². The van der Waals surface area contributed by atoms with E-state index in [9.17, 15) is 4.79 Å². The van der Waals surface area contributed by atoms with E-state index in [0.717, 1.165) is 21.8 Å². The molecule has 0 radical (unpaired) electrons. The SMILES string of the molecule is Cc1cccc(-c2nc(C(=O)NNc3ccc(Cl)cc3)cs2)c1. The lowest BCUT2D eigenvalue weighted by atomic mass is 10.1. The molecule has 1 aromatic heterocycles. The van der Waals surface area contributed by atoms with Crippen LogP contribution in [0.15, 0.2) is 53.9 Å². The lowest BCUT2D eigenvalue weighted by Crippen LogP contribution is -2.29. The van der Waals surface area contributed by atoms with Crippen LogP contribution in [0.25, 0.3) is 10.6 Å².